The topological polar surface area (TPSA) is 16.1 Å². The highest BCUT2D eigenvalue weighted by Crippen LogP contribution is 2.28. The minimum Gasteiger partial charge on any atom is -0.295 e. The van der Waals surface area contributed by atoms with Crippen LogP contribution in [0.5, 0.6) is 0 Å². The predicted molar refractivity (Wildman–Crippen MR) is 75.9 cm³/mol. The zero-order chi connectivity index (χ0) is 12.4. The van der Waals surface area contributed by atoms with Crippen molar-refractivity contribution in [2.24, 2.45) is 0 Å². The van der Waals surface area contributed by atoms with Crippen LogP contribution in [0.3, 0.4) is 0 Å². The summed E-state index contributed by atoms with van der Waals surface area (Å²) in [5.41, 5.74) is 2.42. The van der Waals surface area contributed by atoms with E-state index in [2.05, 4.69) is 34.1 Å². The lowest BCUT2D eigenvalue weighted by Gasteiger charge is -2.20. The molecule has 0 saturated heterocycles. The summed E-state index contributed by atoms with van der Waals surface area (Å²) in [5.74, 6) is 0.714. The summed E-state index contributed by atoms with van der Waals surface area (Å²) < 4.78 is 0. The van der Waals surface area contributed by atoms with Crippen LogP contribution < -0.4 is 0 Å². The van der Waals surface area contributed by atoms with Gasteiger partial charge in [0.1, 0.15) is 0 Å². The molecule has 0 atom stereocenters. The van der Waals surface area contributed by atoms with Gasteiger partial charge in [0, 0.05) is 36.6 Å². The SMILES string of the molecule is ClCCN(Cc1ccc2ncccc2c1)C1CC1. The maximum Gasteiger partial charge on any atom is 0.0702 e. The van der Waals surface area contributed by atoms with Gasteiger partial charge < -0.3 is 0 Å². The van der Waals surface area contributed by atoms with Crippen molar-refractivity contribution < 1.29 is 0 Å². The minimum atomic E-state index is 0.714. The molecule has 1 fully saturated rings. The lowest BCUT2D eigenvalue weighted by Crippen LogP contribution is -2.27. The Bertz CT molecular complexity index is 537. The number of hydrogen-bond donors (Lipinski definition) is 0. The summed E-state index contributed by atoms with van der Waals surface area (Å²) in [5, 5.41) is 1.22. The predicted octanol–water partition coefficient (Wildman–Crippen LogP) is 3.44. The second kappa shape index (κ2) is 5.25. The number of nitrogens with zero attached hydrogens (tertiary/aromatic N) is 2. The first-order valence-corrected chi connectivity index (χ1v) is 7.04. The van der Waals surface area contributed by atoms with Crippen molar-refractivity contribution in [3.63, 3.8) is 0 Å². The Balaban J connectivity index is 1.80. The van der Waals surface area contributed by atoms with Gasteiger partial charge in [-0.3, -0.25) is 9.88 Å². The average Bonchev–Trinajstić information content (AvgIpc) is 3.22. The van der Waals surface area contributed by atoms with Crippen molar-refractivity contribution in [3.8, 4) is 0 Å². The van der Waals surface area contributed by atoms with E-state index in [1.165, 1.54) is 23.8 Å². The van der Waals surface area contributed by atoms with Crippen LogP contribution in [0, 0.1) is 0 Å². The molecular weight excluding hydrogens is 244 g/mol. The molecule has 0 amide bonds. The molecule has 2 aromatic rings. The molecule has 18 heavy (non-hydrogen) atoms. The van der Waals surface area contributed by atoms with Crippen molar-refractivity contribution in [1.82, 2.24) is 9.88 Å². The highest BCUT2D eigenvalue weighted by atomic mass is 35.5. The fourth-order valence-electron chi connectivity index (χ4n) is 2.40. The molecule has 1 aliphatic carbocycles. The van der Waals surface area contributed by atoms with Gasteiger partial charge in [0.05, 0.1) is 5.52 Å². The zero-order valence-electron chi connectivity index (χ0n) is 10.3. The average molecular weight is 261 g/mol. The summed E-state index contributed by atoms with van der Waals surface area (Å²) in [4.78, 5) is 6.84. The summed E-state index contributed by atoms with van der Waals surface area (Å²) >= 11 is 5.88. The van der Waals surface area contributed by atoms with Crippen LogP contribution in [0.25, 0.3) is 10.9 Å². The van der Waals surface area contributed by atoms with Gasteiger partial charge in [-0.05, 0) is 36.6 Å². The standard InChI is InChI=1S/C15H17ClN2/c16-7-9-18(14-4-5-14)11-12-3-6-15-13(10-12)2-1-8-17-15/h1-3,6,8,10,14H,4-5,7,9,11H2. The number of fused-ring (bicyclic) bond motifs is 1. The van der Waals surface area contributed by atoms with Crippen LogP contribution in [-0.2, 0) is 6.54 Å². The molecule has 3 rings (SSSR count). The zero-order valence-corrected chi connectivity index (χ0v) is 11.1. The molecule has 1 saturated carbocycles. The van der Waals surface area contributed by atoms with Gasteiger partial charge in [0.25, 0.3) is 0 Å². The van der Waals surface area contributed by atoms with E-state index in [0.717, 1.165) is 24.6 Å². The number of rotatable bonds is 5. The number of aromatic nitrogens is 1. The van der Waals surface area contributed by atoms with Crippen molar-refractivity contribution in [2.45, 2.75) is 25.4 Å². The fourth-order valence-corrected chi connectivity index (χ4v) is 2.61. The van der Waals surface area contributed by atoms with E-state index < -0.39 is 0 Å². The monoisotopic (exact) mass is 260 g/mol. The van der Waals surface area contributed by atoms with Crippen LogP contribution in [0.1, 0.15) is 18.4 Å². The third-order valence-corrected chi connectivity index (χ3v) is 3.66. The molecule has 1 heterocycles. The maximum atomic E-state index is 5.88. The smallest absolute Gasteiger partial charge is 0.0702 e. The molecular formula is C15H17ClN2. The number of pyridine rings is 1. The molecule has 0 unspecified atom stereocenters. The highest BCUT2D eigenvalue weighted by molar-refractivity contribution is 6.18. The first kappa shape index (κ1) is 11.9. The Morgan fingerprint density at radius 1 is 1.28 bits per heavy atom. The first-order chi connectivity index (χ1) is 8.86. The van der Waals surface area contributed by atoms with Gasteiger partial charge >= 0.3 is 0 Å². The number of halogens is 1. The van der Waals surface area contributed by atoms with E-state index in [9.17, 15) is 0 Å². The molecule has 94 valence electrons. The van der Waals surface area contributed by atoms with Gasteiger partial charge in [-0.2, -0.15) is 0 Å². The fraction of sp³-hybridized carbons (Fsp3) is 0.400. The lowest BCUT2D eigenvalue weighted by atomic mass is 10.1. The summed E-state index contributed by atoms with van der Waals surface area (Å²) in [6.07, 6.45) is 4.49. The second-order valence-electron chi connectivity index (χ2n) is 4.92. The van der Waals surface area contributed by atoms with E-state index in [-0.39, 0.29) is 0 Å². The molecule has 0 aliphatic heterocycles. The second-order valence-corrected chi connectivity index (χ2v) is 5.30. The van der Waals surface area contributed by atoms with Crippen LogP contribution in [-0.4, -0.2) is 28.4 Å². The number of alkyl halides is 1. The molecule has 0 radical (unpaired) electrons. The number of benzene rings is 1. The minimum absolute atomic E-state index is 0.714. The molecule has 1 aromatic carbocycles. The largest absolute Gasteiger partial charge is 0.295 e. The number of hydrogen-bond acceptors (Lipinski definition) is 2. The van der Waals surface area contributed by atoms with E-state index >= 15 is 0 Å². The van der Waals surface area contributed by atoms with Crippen LogP contribution in [0.2, 0.25) is 0 Å². The van der Waals surface area contributed by atoms with Gasteiger partial charge in [0.15, 0.2) is 0 Å². The molecule has 1 aromatic heterocycles. The first-order valence-electron chi connectivity index (χ1n) is 6.50. The normalized spacial score (nSPS) is 15.4. The maximum absolute atomic E-state index is 5.88. The van der Waals surface area contributed by atoms with Gasteiger partial charge in [-0.15, -0.1) is 11.6 Å². The summed E-state index contributed by atoms with van der Waals surface area (Å²) in [6.45, 7) is 1.99. The Kier molecular flexibility index (Phi) is 3.48. The highest BCUT2D eigenvalue weighted by Gasteiger charge is 2.28. The third-order valence-electron chi connectivity index (χ3n) is 3.49. The van der Waals surface area contributed by atoms with Crippen molar-refractivity contribution >= 4 is 22.5 Å². The summed E-state index contributed by atoms with van der Waals surface area (Å²) in [7, 11) is 0. The van der Waals surface area contributed by atoms with Crippen molar-refractivity contribution in [1.29, 1.82) is 0 Å². The molecule has 0 spiro atoms. The van der Waals surface area contributed by atoms with E-state index in [1.807, 2.05) is 12.3 Å². The Morgan fingerprint density at radius 3 is 2.94 bits per heavy atom. The molecule has 3 heteroatoms. The van der Waals surface area contributed by atoms with Gasteiger partial charge in [0.2, 0.25) is 0 Å². The van der Waals surface area contributed by atoms with Crippen LogP contribution in [0.4, 0.5) is 0 Å². The third kappa shape index (κ3) is 2.65. The Hall–Kier alpha value is -1.12. The van der Waals surface area contributed by atoms with E-state index in [1.54, 1.807) is 0 Å². The summed E-state index contributed by atoms with van der Waals surface area (Å²) in [6, 6.07) is 11.4. The Labute approximate surface area is 113 Å². The quantitative estimate of drug-likeness (QED) is 0.766. The lowest BCUT2D eigenvalue weighted by molar-refractivity contribution is 0.271. The molecule has 2 nitrogen and oxygen atoms in total. The van der Waals surface area contributed by atoms with E-state index in [0.29, 0.717) is 5.88 Å². The molecule has 1 aliphatic rings. The van der Waals surface area contributed by atoms with Crippen molar-refractivity contribution in [2.75, 3.05) is 12.4 Å². The molecule has 0 bridgehead atoms. The van der Waals surface area contributed by atoms with Crippen LogP contribution >= 0.6 is 11.6 Å². The van der Waals surface area contributed by atoms with Crippen LogP contribution in [0.15, 0.2) is 36.5 Å². The Morgan fingerprint density at radius 2 is 2.17 bits per heavy atom. The molecule has 0 N–H and O–H groups in total. The van der Waals surface area contributed by atoms with Gasteiger partial charge in [-0.25, -0.2) is 0 Å². The van der Waals surface area contributed by atoms with E-state index in [4.69, 9.17) is 11.6 Å². The van der Waals surface area contributed by atoms with Gasteiger partial charge in [-0.1, -0.05) is 12.1 Å². The van der Waals surface area contributed by atoms with Crippen molar-refractivity contribution in [3.05, 3.63) is 42.1 Å².